The molecule has 1 aromatic heterocycles. The summed E-state index contributed by atoms with van der Waals surface area (Å²) in [5.41, 5.74) is 1.02. The molecule has 1 heterocycles. The molecule has 0 aliphatic heterocycles. The van der Waals surface area contributed by atoms with Crippen molar-refractivity contribution in [3.8, 4) is 0 Å². The average Bonchev–Trinajstić information content (AvgIpc) is 2.45. The Labute approximate surface area is 114 Å². The molecule has 5 heteroatoms. The van der Waals surface area contributed by atoms with E-state index in [0.29, 0.717) is 17.7 Å². The average molecular weight is 281 g/mol. The lowest BCUT2D eigenvalue weighted by Crippen LogP contribution is -2.08. The zero-order valence-corrected chi connectivity index (χ0v) is 10.9. The highest BCUT2D eigenvalue weighted by Crippen LogP contribution is 2.31. The molecule has 0 amide bonds. The quantitative estimate of drug-likeness (QED) is 0.929. The number of rotatable bonds is 3. The van der Waals surface area contributed by atoms with E-state index in [2.05, 4.69) is 4.98 Å². The lowest BCUT2D eigenvalue weighted by Gasteiger charge is -2.15. The maximum absolute atomic E-state index is 12.5. The lowest BCUT2D eigenvalue weighted by atomic mass is 10.00. The summed E-state index contributed by atoms with van der Waals surface area (Å²) in [5, 5.41) is 10.3. The molecule has 1 unspecified atom stereocenters. The van der Waals surface area contributed by atoms with Crippen molar-refractivity contribution in [3.63, 3.8) is 0 Å². The highest BCUT2D eigenvalue weighted by atomic mass is 19.4. The summed E-state index contributed by atoms with van der Waals surface area (Å²) < 4.78 is 37.5. The standard InChI is InChI=1S/C15H14F3NO/c1-2-10-4-3-9-19-13(10)14(20)11-5-7-12(8-6-11)15(16,17)18/h3-9,14,20H,2H2,1H3. The van der Waals surface area contributed by atoms with Crippen LogP contribution in [0.15, 0.2) is 42.6 Å². The van der Waals surface area contributed by atoms with E-state index in [1.54, 1.807) is 12.3 Å². The van der Waals surface area contributed by atoms with Gasteiger partial charge in [0.2, 0.25) is 0 Å². The maximum Gasteiger partial charge on any atom is 0.416 e. The molecule has 0 fully saturated rings. The number of aliphatic hydroxyl groups is 1. The molecule has 1 N–H and O–H groups in total. The monoisotopic (exact) mass is 281 g/mol. The van der Waals surface area contributed by atoms with Crippen LogP contribution in [0.2, 0.25) is 0 Å². The second-order valence-electron chi connectivity index (χ2n) is 4.42. The Morgan fingerprint density at radius 1 is 1.15 bits per heavy atom. The largest absolute Gasteiger partial charge is 0.416 e. The number of hydrogen-bond acceptors (Lipinski definition) is 2. The molecule has 20 heavy (non-hydrogen) atoms. The zero-order chi connectivity index (χ0) is 14.8. The number of nitrogens with zero attached hydrogens (tertiary/aromatic N) is 1. The van der Waals surface area contributed by atoms with Crippen LogP contribution in [-0.2, 0) is 12.6 Å². The number of pyridine rings is 1. The van der Waals surface area contributed by atoms with E-state index in [9.17, 15) is 18.3 Å². The highest BCUT2D eigenvalue weighted by molar-refractivity contribution is 5.33. The van der Waals surface area contributed by atoms with Gasteiger partial charge < -0.3 is 5.11 Å². The minimum atomic E-state index is -4.37. The van der Waals surface area contributed by atoms with Gasteiger partial charge in [0.25, 0.3) is 0 Å². The highest BCUT2D eigenvalue weighted by Gasteiger charge is 2.30. The number of benzene rings is 1. The van der Waals surface area contributed by atoms with E-state index in [1.165, 1.54) is 12.1 Å². The summed E-state index contributed by atoms with van der Waals surface area (Å²) in [6.45, 7) is 1.93. The maximum atomic E-state index is 12.5. The van der Waals surface area contributed by atoms with Gasteiger partial charge in [0, 0.05) is 6.20 Å². The van der Waals surface area contributed by atoms with Crippen molar-refractivity contribution in [2.75, 3.05) is 0 Å². The number of halogens is 3. The Bertz CT molecular complexity index is 578. The summed E-state index contributed by atoms with van der Waals surface area (Å²) >= 11 is 0. The molecule has 0 aliphatic carbocycles. The molecule has 1 atom stereocenters. The summed E-state index contributed by atoms with van der Waals surface area (Å²) in [6, 6.07) is 8.10. The Morgan fingerprint density at radius 3 is 2.35 bits per heavy atom. The third-order valence-corrected chi connectivity index (χ3v) is 3.12. The van der Waals surface area contributed by atoms with E-state index >= 15 is 0 Å². The van der Waals surface area contributed by atoms with Crippen LogP contribution in [0, 0.1) is 0 Å². The Hall–Kier alpha value is -1.88. The molecule has 0 radical (unpaired) electrons. The molecular formula is C15H14F3NO. The molecule has 0 bridgehead atoms. The fourth-order valence-electron chi connectivity index (χ4n) is 2.01. The molecular weight excluding hydrogens is 267 g/mol. The van der Waals surface area contributed by atoms with Gasteiger partial charge in [-0.3, -0.25) is 4.98 Å². The number of aryl methyl sites for hydroxylation is 1. The van der Waals surface area contributed by atoms with Gasteiger partial charge in [0.05, 0.1) is 11.3 Å². The van der Waals surface area contributed by atoms with E-state index < -0.39 is 17.8 Å². The first kappa shape index (κ1) is 14.5. The normalized spacial score (nSPS) is 13.2. The molecule has 2 aromatic rings. The van der Waals surface area contributed by atoms with Gasteiger partial charge in [-0.15, -0.1) is 0 Å². The Balaban J connectivity index is 2.32. The molecule has 1 aromatic carbocycles. The van der Waals surface area contributed by atoms with Gasteiger partial charge in [-0.2, -0.15) is 13.2 Å². The molecule has 2 nitrogen and oxygen atoms in total. The summed E-state index contributed by atoms with van der Waals surface area (Å²) in [6.07, 6.45) is -3.14. The predicted octanol–water partition coefficient (Wildman–Crippen LogP) is 3.74. The molecule has 0 saturated heterocycles. The zero-order valence-electron chi connectivity index (χ0n) is 10.9. The van der Waals surface area contributed by atoms with Crippen molar-refractivity contribution >= 4 is 0 Å². The Morgan fingerprint density at radius 2 is 1.80 bits per heavy atom. The van der Waals surface area contributed by atoms with Gasteiger partial charge in [0.15, 0.2) is 0 Å². The topological polar surface area (TPSA) is 33.1 Å². The number of aromatic nitrogens is 1. The van der Waals surface area contributed by atoms with E-state index in [4.69, 9.17) is 0 Å². The summed E-state index contributed by atoms with van der Waals surface area (Å²) in [4.78, 5) is 4.12. The number of alkyl halides is 3. The first-order valence-corrected chi connectivity index (χ1v) is 6.22. The smallest absolute Gasteiger partial charge is 0.382 e. The van der Waals surface area contributed by atoms with Crippen LogP contribution in [0.3, 0.4) is 0 Å². The minimum absolute atomic E-state index is 0.395. The van der Waals surface area contributed by atoms with E-state index in [0.717, 1.165) is 17.7 Å². The molecule has 2 rings (SSSR count). The minimum Gasteiger partial charge on any atom is -0.382 e. The van der Waals surface area contributed by atoms with Crippen molar-refractivity contribution in [1.29, 1.82) is 0 Å². The second kappa shape index (κ2) is 5.63. The van der Waals surface area contributed by atoms with Crippen LogP contribution in [0.5, 0.6) is 0 Å². The van der Waals surface area contributed by atoms with Crippen LogP contribution < -0.4 is 0 Å². The fraction of sp³-hybridized carbons (Fsp3) is 0.267. The summed E-state index contributed by atoms with van der Waals surface area (Å²) in [5.74, 6) is 0. The van der Waals surface area contributed by atoms with Gasteiger partial charge in [-0.1, -0.05) is 25.1 Å². The van der Waals surface area contributed by atoms with E-state index in [-0.39, 0.29) is 0 Å². The van der Waals surface area contributed by atoms with Crippen LogP contribution in [0.4, 0.5) is 13.2 Å². The van der Waals surface area contributed by atoms with Crippen molar-refractivity contribution in [2.24, 2.45) is 0 Å². The van der Waals surface area contributed by atoms with Gasteiger partial charge in [-0.05, 0) is 35.7 Å². The van der Waals surface area contributed by atoms with Gasteiger partial charge in [-0.25, -0.2) is 0 Å². The summed E-state index contributed by atoms with van der Waals surface area (Å²) in [7, 11) is 0. The number of aliphatic hydroxyl groups excluding tert-OH is 1. The van der Waals surface area contributed by atoms with Crippen molar-refractivity contribution < 1.29 is 18.3 Å². The molecule has 0 saturated carbocycles. The van der Waals surface area contributed by atoms with Crippen LogP contribution >= 0.6 is 0 Å². The Kier molecular flexibility index (Phi) is 4.09. The number of hydrogen-bond donors (Lipinski definition) is 1. The van der Waals surface area contributed by atoms with Crippen molar-refractivity contribution in [2.45, 2.75) is 25.6 Å². The van der Waals surface area contributed by atoms with Crippen LogP contribution in [0.25, 0.3) is 0 Å². The van der Waals surface area contributed by atoms with Crippen LogP contribution in [-0.4, -0.2) is 10.1 Å². The molecule has 0 aliphatic rings. The first-order chi connectivity index (χ1) is 9.43. The van der Waals surface area contributed by atoms with Crippen molar-refractivity contribution in [1.82, 2.24) is 4.98 Å². The van der Waals surface area contributed by atoms with Gasteiger partial charge in [0.1, 0.15) is 6.10 Å². The fourth-order valence-corrected chi connectivity index (χ4v) is 2.01. The van der Waals surface area contributed by atoms with Crippen molar-refractivity contribution in [3.05, 3.63) is 65.0 Å². The predicted molar refractivity (Wildman–Crippen MR) is 69.1 cm³/mol. The second-order valence-corrected chi connectivity index (χ2v) is 4.42. The molecule has 106 valence electrons. The van der Waals surface area contributed by atoms with Gasteiger partial charge >= 0.3 is 6.18 Å². The first-order valence-electron chi connectivity index (χ1n) is 6.22. The van der Waals surface area contributed by atoms with E-state index in [1.807, 2.05) is 13.0 Å². The third kappa shape index (κ3) is 2.99. The SMILES string of the molecule is CCc1cccnc1C(O)c1ccc(C(F)(F)F)cc1. The third-order valence-electron chi connectivity index (χ3n) is 3.12. The molecule has 0 spiro atoms. The van der Waals surface area contributed by atoms with Crippen LogP contribution in [0.1, 0.15) is 35.4 Å². The lowest BCUT2D eigenvalue weighted by molar-refractivity contribution is -0.137.